The molecule has 0 unspecified atom stereocenters. The van der Waals surface area contributed by atoms with Crippen molar-refractivity contribution in [3.05, 3.63) is 65.7 Å². The van der Waals surface area contributed by atoms with Gasteiger partial charge in [0.2, 0.25) is 0 Å². The second kappa shape index (κ2) is 5.28. The highest BCUT2D eigenvalue weighted by Crippen LogP contribution is 2.35. The van der Waals surface area contributed by atoms with Crippen LogP contribution in [0.1, 0.15) is 11.1 Å². The average Bonchev–Trinajstić information content (AvgIpc) is 2.92. The van der Waals surface area contributed by atoms with Crippen LogP contribution in [0.4, 0.5) is 0 Å². The number of aryl methyl sites for hydroxylation is 1. The van der Waals surface area contributed by atoms with Crippen LogP contribution in [0.25, 0.3) is 21.7 Å². The first-order valence-electron chi connectivity index (χ1n) is 6.32. The molecule has 2 nitrogen and oxygen atoms in total. The van der Waals surface area contributed by atoms with Crippen LogP contribution in [0.2, 0.25) is 0 Å². The fourth-order valence-electron chi connectivity index (χ4n) is 2.17. The largest absolute Gasteiger partial charge is 0.192 e. The van der Waals surface area contributed by atoms with E-state index >= 15 is 0 Å². The molecular weight excluding hydrogens is 264 g/mol. The molecule has 3 aromatic rings. The molecule has 1 heterocycles. The van der Waals surface area contributed by atoms with Crippen LogP contribution in [0, 0.1) is 18.3 Å². The van der Waals surface area contributed by atoms with E-state index < -0.39 is 0 Å². The van der Waals surface area contributed by atoms with Crippen molar-refractivity contribution in [1.82, 2.24) is 4.37 Å². The van der Waals surface area contributed by atoms with Crippen molar-refractivity contribution in [2.75, 3.05) is 0 Å². The standard InChI is InChI=1S/C17H12N2S/c1-12-6-5-9-14(10-12)16-15(11-18)17(20-19-16)13-7-3-2-4-8-13/h2-10H,1H3. The molecule has 2 aromatic carbocycles. The maximum Gasteiger partial charge on any atom is 0.103 e. The maximum absolute atomic E-state index is 9.50. The van der Waals surface area contributed by atoms with Gasteiger partial charge < -0.3 is 0 Å². The van der Waals surface area contributed by atoms with E-state index in [1.54, 1.807) is 0 Å². The first kappa shape index (κ1) is 12.6. The molecule has 0 aliphatic rings. The predicted octanol–water partition coefficient (Wildman–Crippen LogP) is 4.66. The second-order valence-electron chi connectivity index (χ2n) is 4.58. The molecule has 1 aromatic heterocycles. The molecule has 0 atom stereocenters. The summed E-state index contributed by atoms with van der Waals surface area (Å²) in [5, 5.41) is 9.50. The topological polar surface area (TPSA) is 36.7 Å². The number of benzene rings is 2. The summed E-state index contributed by atoms with van der Waals surface area (Å²) in [6.07, 6.45) is 0. The van der Waals surface area contributed by atoms with E-state index in [0.717, 1.165) is 21.7 Å². The number of hydrogen-bond donors (Lipinski definition) is 0. The van der Waals surface area contributed by atoms with Gasteiger partial charge in [0.05, 0.1) is 10.4 Å². The number of aromatic nitrogens is 1. The molecule has 3 rings (SSSR count). The lowest BCUT2D eigenvalue weighted by atomic mass is 10.0. The summed E-state index contributed by atoms with van der Waals surface area (Å²) in [6, 6.07) is 20.3. The molecule has 0 N–H and O–H groups in total. The van der Waals surface area contributed by atoms with Crippen LogP contribution in [0.5, 0.6) is 0 Å². The van der Waals surface area contributed by atoms with Gasteiger partial charge in [0.1, 0.15) is 11.8 Å². The third-order valence-corrected chi connectivity index (χ3v) is 4.03. The minimum Gasteiger partial charge on any atom is -0.192 e. The Morgan fingerprint density at radius 3 is 2.45 bits per heavy atom. The van der Waals surface area contributed by atoms with E-state index in [9.17, 15) is 5.26 Å². The summed E-state index contributed by atoms with van der Waals surface area (Å²) in [7, 11) is 0. The van der Waals surface area contributed by atoms with Gasteiger partial charge in [-0.1, -0.05) is 54.1 Å². The van der Waals surface area contributed by atoms with Gasteiger partial charge in [-0.25, -0.2) is 0 Å². The highest BCUT2D eigenvalue weighted by molar-refractivity contribution is 7.10. The quantitative estimate of drug-likeness (QED) is 0.682. The molecule has 0 bridgehead atoms. The molecule has 20 heavy (non-hydrogen) atoms. The van der Waals surface area contributed by atoms with Crippen LogP contribution in [-0.4, -0.2) is 4.37 Å². The smallest absolute Gasteiger partial charge is 0.103 e. The fraction of sp³-hybridized carbons (Fsp3) is 0.0588. The highest BCUT2D eigenvalue weighted by Gasteiger charge is 2.16. The lowest BCUT2D eigenvalue weighted by Crippen LogP contribution is -1.84. The molecule has 0 fully saturated rings. The Morgan fingerprint density at radius 2 is 1.75 bits per heavy atom. The first-order valence-corrected chi connectivity index (χ1v) is 7.09. The zero-order valence-corrected chi connectivity index (χ0v) is 11.8. The molecule has 3 heteroatoms. The molecule has 0 saturated carbocycles. The zero-order valence-electron chi connectivity index (χ0n) is 11.0. The van der Waals surface area contributed by atoms with Crippen molar-refractivity contribution < 1.29 is 0 Å². The molecule has 0 aliphatic carbocycles. The monoisotopic (exact) mass is 276 g/mol. The van der Waals surface area contributed by atoms with Crippen molar-refractivity contribution in [3.63, 3.8) is 0 Å². The Morgan fingerprint density at radius 1 is 1.00 bits per heavy atom. The maximum atomic E-state index is 9.50. The van der Waals surface area contributed by atoms with E-state index in [-0.39, 0.29) is 0 Å². The minimum atomic E-state index is 0.659. The van der Waals surface area contributed by atoms with Gasteiger partial charge in [-0.15, -0.1) is 0 Å². The summed E-state index contributed by atoms with van der Waals surface area (Å²) in [5.74, 6) is 0. The first-order chi connectivity index (χ1) is 9.79. The van der Waals surface area contributed by atoms with E-state index in [2.05, 4.69) is 16.5 Å². The van der Waals surface area contributed by atoms with Gasteiger partial charge in [-0.05, 0) is 30.1 Å². The summed E-state index contributed by atoms with van der Waals surface area (Å²) in [5.41, 5.74) is 4.65. The van der Waals surface area contributed by atoms with Crippen LogP contribution in [0.3, 0.4) is 0 Å². The third kappa shape index (κ3) is 2.22. The number of hydrogen-bond acceptors (Lipinski definition) is 3. The molecule has 0 aliphatic heterocycles. The van der Waals surface area contributed by atoms with Gasteiger partial charge in [0.25, 0.3) is 0 Å². The average molecular weight is 276 g/mol. The number of nitriles is 1. The molecule has 0 spiro atoms. The molecular formula is C17H12N2S. The summed E-state index contributed by atoms with van der Waals surface area (Å²) in [6.45, 7) is 2.04. The predicted molar refractivity (Wildman–Crippen MR) is 82.4 cm³/mol. The summed E-state index contributed by atoms with van der Waals surface area (Å²) in [4.78, 5) is 0.935. The van der Waals surface area contributed by atoms with Crippen molar-refractivity contribution in [3.8, 4) is 27.8 Å². The van der Waals surface area contributed by atoms with E-state index in [1.165, 1.54) is 17.1 Å². The zero-order chi connectivity index (χ0) is 13.9. The van der Waals surface area contributed by atoms with E-state index in [0.29, 0.717) is 5.56 Å². The van der Waals surface area contributed by atoms with Gasteiger partial charge in [-0.2, -0.15) is 9.64 Å². The number of nitrogens with zero attached hydrogens (tertiary/aromatic N) is 2. The van der Waals surface area contributed by atoms with Crippen molar-refractivity contribution in [1.29, 1.82) is 5.26 Å². The van der Waals surface area contributed by atoms with E-state index in [1.807, 2.05) is 55.5 Å². The van der Waals surface area contributed by atoms with Crippen LogP contribution in [0.15, 0.2) is 54.6 Å². The van der Waals surface area contributed by atoms with E-state index in [4.69, 9.17) is 0 Å². The molecule has 0 radical (unpaired) electrons. The Kier molecular flexibility index (Phi) is 3.32. The SMILES string of the molecule is Cc1cccc(-c2nsc(-c3ccccc3)c2C#N)c1. The third-order valence-electron chi connectivity index (χ3n) is 3.13. The summed E-state index contributed by atoms with van der Waals surface area (Å²) < 4.78 is 4.49. The van der Waals surface area contributed by atoms with Crippen molar-refractivity contribution >= 4 is 11.5 Å². The molecule has 0 amide bonds. The van der Waals surface area contributed by atoms with Gasteiger partial charge in [0, 0.05) is 5.56 Å². The normalized spacial score (nSPS) is 10.2. The molecule has 0 saturated heterocycles. The number of rotatable bonds is 2. The van der Waals surface area contributed by atoms with Crippen molar-refractivity contribution in [2.24, 2.45) is 0 Å². The highest BCUT2D eigenvalue weighted by atomic mass is 32.1. The Hall–Kier alpha value is -2.44. The van der Waals surface area contributed by atoms with Gasteiger partial charge in [-0.3, -0.25) is 0 Å². The van der Waals surface area contributed by atoms with Crippen LogP contribution in [-0.2, 0) is 0 Å². The minimum absolute atomic E-state index is 0.659. The van der Waals surface area contributed by atoms with Crippen LogP contribution >= 0.6 is 11.5 Å². The van der Waals surface area contributed by atoms with Crippen LogP contribution < -0.4 is 0 Å². The molecule has 96 valence electrons. The lowest BCUT2D eigenvalue weighted by molar-refractivity contribution is 1.42. The lowest BCUT2D eigenvalue weighted by Gasteiger charge is -2.00. The second-order valence-corrected chi connectivity index (χ2v) is 5.36. The van der Waals surface area contributed by atoms with Gasteiger partial charge in [0.15, 0.2) is 0 Å². The van der Waals surface area contributed by atoms with Gasteiger partial charge >= 0.3 is 0 Å². The van der Waals surface area contributed by atoms with Crippen molar-refractivity contribution in [2.45, 2.75) is 6.92 Å². The summed E-state index contributed by atoms with van der Waals surface area (Å²) >= 11 is 1.38. The fourth-order valence-corrected chi connectivity index (χ4v) is 3.02. The Bertz CT molecular complexity index is 782. The Balaban J connectivity index is 2.16. The Labute approximate surface area is 122 Å².